The quantitative estimate of drug-likeness (QED) is 0.279. The lowest BCUT2D eigenvalue weighted by molar-refractivity contribution is 0.0272. The van der Waals surface area contributed by atoms with Crippen molar-refractivity contribution in [2.75, 3.05) is 82.4 Å². The van der Waals surface area contributed by atoms with Crippen LogP contribution in [0.15, 0.2) is 12.4 Å². The van der Waals surface area contributed by atoms with Crippen molar-refractivity contribution < 1.29 is 19.4 Å². The van der Waals surface area contributed by atoms with Crippen molar-refractivity contribution in [3.8, 4) is 11.4 Å². The highest BCUT2D eigenvalue weighted by atomic mass is 35.5. The normalized spacial score (nSPS) is 22.6. The van der Waals surface area contributed by atoms with Crippen LogP contribution in [0.3, 0.4) is 0 Å². The molecule has 0 aromatic carbocycles. The summed E-state index contributed by atoms with van der Waals surface area (Å²) in [5, 5.41) is 14.2. The molecular weight excluding hydrogens is 677 g/mol. The number of nitrogens with one attached hydrogen (secondary N) is 2. The van der Waals surface area contributed by atoms with E-state index in [1.807, 2.05) is 11.8 Å². The average molecular weight is 721 g/mol. The number of carboxylic acid groups (broad SMARTS) is 1. The number of aromatic nitrogens is 4. The molecule has 0 saturated carbocycles. The van der Waals surface area contributed by atoms with E-state index >= 15 is 0 Å². The van der Waals surface area contributed by atoms with Crippen LogP contribution in [-0.4, -0.2) is 131 Å². The number of aromatic carboxylic acids is 1. The zero-order valence-electron chi connectivity index (χ0n) is 27.5. The van der Waals surface area contributed by atoms with E-state index in [1.54, 1.807) is 19.3 Å². The van der Waals surface area contributed by atoms with E-state index in [4.69, 9.17) is 32.9 Å². The Bertz CT molecular complexity index is 1590. The Hall–Kier alpha value is -3.01. The predicted molar refractivity (Wildman–Crippen MR) is 188 cm³/mol. The van der Waals surface area contributed by atoms with Crippen LogP contribution in [0.2, 0.25) is 10.0 Å². The number of likely N-dealkylation sites (tertiary alicyclic amines) is 1. The zero-order chi connectivity index (χ0) is 33.9. The third kappa shape index (κ3) is 7.74. The number of anilines is 2. The third-order valence-electron chi connectivity index (χ3n) is 9.43. The van der Waals surface area contributed by atoms with Gasteiger partial charge in [0.1, 0.15) is 27.8 Å². The number of rotatable bonds is 10. The first-order valence-corrected chi connectivity index (χ1v) is 18.1. The van der Waals surface area contributed by atoms with Gasteiger partial charge < -0.3 is 34.8 Å². The molecule has 3 saturated heterocycles. The molecule has 48 heavy (non-hydrogen) atoms. The van der Waals surface area contributed by atoms with Crippen molar-refractivity contribution in [3.05, 3.63) is 38.7 Å². The molecule has 0 aliphatic carbocycles. The van der Waals surface area contributed by atoms with Gasteiger partial charge in [-0.1, -0.05) is 34.5 Å². The van der Waals surface area contributed by atoms with Gasteiger partial charge in [-0.25, -0.2) is 19.7 Å². The fourth-order valence-corrected chi connectivity index (χ4v) is 8.29. The minimum Gasteiger partial charge on any atom is -0.477 e. The molecule has 1 unspecified atom stereocenters. The summed E-state index contributed by atoms with van der Waals surface area (Å²) < 4.78 is 6.03. The van der Waals surface area contributed by atoms with Crippen molar-refractivity contribution >= 4 is 57.4 Å². The molecule has 3 aromatic rings. The molecule has 16 heteroatoms. The van der Waals surface area contributed by atoms with E-state index in [0.29, 0.717) is 53.4 Å². The van der Waals surface area contributed by atoms with Crippen LogP contribution in [0.25, 0.3) is 11.4 Å². The predicted octanol–water partition coefficient (Wildman–Crippen LogP) is 4.12. The van der Waals surface area contributed by atoms with Crippen molar-refractivity contribution in [3.63, 3.8) is 0 Å². The number of piperidine rings is 2. The first-order chi connectivity index (χ1) is 23.1. The lowest BCUT2D eigenvalue weighted by atomic mass is 9.97. The largest absolute Gasteiger partial charge is 0.477 e. The van der Waals surface area contributed by atoms with E-state index in [9.17, 15) is 14.7 Å². The lowest BCUT2D eigenvalue weighted by Gasteiger charge is -2.39. The maximum absolute atomic E-state index is 13.1. The van der Waals surface area contributed by atoms with Gasteiger partial charge >= 0.3 is 5.97 Å². The number of hydrogen-bond acceptors (Lipinski definition) is 11. The molecule has 3 aliphatic rings. The Kier molecular flexibility index (Phi) is 11.1. The van der Waals surface area contributed by atoms with Crippen LogP contribution >= 0.6 is 34.5 Å². The van der Waals surface area contributed by atoms with Gasteiger partial charge in [0.25, 0.3) is 5.91 Å². The van der Waals surface area contributed by atoms with Gasteiger partial charge in [0.15, 0.2) is 5.13 Å². The molecular formula is C32H43Cl2N9O4S. The average Bonchev–Trinajstić information content (AvgIpc) is 3.64. The van der Waals surface area contributed by atoms with E-state index < -0.39 is 5.97 Å². The standard InChI is InChI=1S/C32H43Cl2N9O4S/c1-4-47-23-18-43(9-7-21(23)38-30(44)28-26(34)25(33)19(2)37-28)32-39-27(29(48-32)31(45)46)22-14-36-24(15-35-22)42-12-10-41(11-13-42)17-20-6-5-8-40(3)16-20/h14-15,20-21,23,37H,4-13,16-18H2,1-3H3,(H,38,44)(H,45,46)/t20?,21-,23+/m1/s1. The maximum atomic E-state index is 13.1. The van der Waals surface area contributed by atoms with Gasteiger partial charge in [-0.15, -0.1) is 0 Å². The van der Waals surface area contributed by atoms with Crippen molar-refractivity contribution in [2.45, 2.75) is 45.3 Å². The summed E-state index contributed by atoms with van der Waals surface area (Å²) in [6, 6.07) is -0.292. The number of H-pyrrole nitrogens is 1. The van der Waals surface area contributed by atoms with Gasteiger partial charge in [0.2, 0.25) is 0 Å². The number of aryl methyl sites for hydroxylation is 1. The minimum atomic E-state index is -1.07. The zero-order valence-corrected chi connectivity index (χ0v) is 29.9. The number of nitrogens with zero attached hydrogens (tertiary/aromatic N) is 7. The highest BCUT2D eigenvalue weighted by molar-refractivity contribution is 7.17. The monoisotopic (exact) mass is 719 g/mol. The van der Waals surface area contributed by atoms with Gasteiger partial charge in [0, 0.05) is 64.7 Å². The first kappa shape index (κ1) is 34.8. The number of carbonyl (C=O) groups excluding carboxylic acids is 1. The lowest BCUT2D eigenvalue weighted by Crippen LogP contribution is -2.55. The second-order valence-electron chi connectivity index (χ2n) is 12.9. The Labute approximate surface area is 294 Å². The Morgan fingerprint density at radius 3 is 2.50 bits per heavy atom. The van der Waals surface area contributed by atoms with Crippen LogP contribution < -0.4 is 15.1 Å². The molecule has 3 aliphatic heterocycles. The van der Waals surface area contributed by atoms with Crippen LogP contribution in [0, 0.1) is 12.8 Å². The third-order valence-corrected chi connectivity index (χ3v) is 11.5. The molecule has 6 rings (SSSR count). The molecule has 6 heterocycles. The molecule has 3 atom stereocenters. The first-order valence-electron chi connectivity index (χ1n) is 16.5. The molecule has 3 fully saturated rings. The topological polar surface area (TPSA) is 143 Å². The van der Waals surface area contributed by atoms with E-state index in [-0.39, 0.29) is 33.6 Å². The maximum Gasteiger partial charge on any atom is 0.348 e. The molecule has 0 bridgehead atoms. The summed E-state index contributed by atoms with van der Waals surface area (Å²) in [5.41, 5.74) is 1.54. The number of hydrogen-bond donors (Lipinski definition) is 3. The summed E-state index contributed by atoms with van der Waals surface area (Å²) in [7, 11) is 2.21. The summed E-state index contributed by atoms with van der Waals surface area (Å²) in [4.78, 5) is 51.7. The number of amides is 1. The summed E-state index contributed by atoms with van der Waals surface area (Å²) in [6.07, 6.45) is 6.12. The van der Waals surface area contributed by atoms with E-state index in [1.165, 1.54) is 25.9 Å². The molecule has 0 spiro atoms. The van der Waals surface area contributed by atoms with Crippen LogP contribution in [-0.2, 0) is 4.74 Å². The minimum absolute atomic E-state index is 0.103. The van der Waals surface area contributed by atoms with Crippen LogP contribution in [0.1, 0.15) is 52.0 Å². The molecule has 3 aromatic heterocycles. The summed E-state index contributed by atoms with van der Waals surface area (Å²) in [5.74, 6) is 0.0845. The number of ether oxygens (including phenoxy) is 1. The van der Waals surface area contributed by atoms with Gasteiger partial charge in [-0.3, -0.25) is 9.69 Å². The summed E-state index contributed by atoms with van der Waals surface area (Å²) >= 11 is 13.6. The Morgan fingerprint density at radius 2 is 1.85 bits per heavy atom. The van der Waals surface area contributed by atoms with Gasteiger partial charge in [-0.2, -0.15) is 0 Å². The molecule has 3 N–H and O–H groups in total. The highest BCUT2D eigenvalue weighted by Gasteiger charge is 2.34. The van der Waals surface area contributed by atoms with Gasteiger partial charge in [-0.05, 0) is 52.6 Å². The fourth-order valence-electron chi connectivity index (χ4n) is 6.92. The summed E-state index contributed by atoms with van der Waals surface area (Å²) in [6.45, 7) is 12.3. The number of aromatic amines is 1. The number of piperazine rings is 1. The molecule has 13 nitrogen and oxygen atoms in total. The van der Waals surface area contributed by atoms with E-state index in [2.05, 4.69) is 42.0 Å². The van der Waals surface area contributed by atoms with E-state index in [0.717, 1.165) is 55.8 Å². The SMILES string of the molecule is CCO[C@H]1CN(c2nc(-c3cnc(N4CCN(CC5CCCN(C)C5)CC4)cn3)c(C(=O)O)s2)CC[C@H]1NC(=O)c1[nH]c(C)c(Cl)c1Cl. The van der Waals surface area contributed by atoms with Crippen LogP contribution in [0.5, 0.6) is 0 Å². The van der Waals surface area contributed by atoms with Crippen molar-refractivity contribution in [2.24, 2.45) is 5.92 Å². The highest BCUT2D eigenvalue weighted by Crippen LogP contribution is 2.35. The Morgan fingerprint density at radius 1 is 1.06 bits per heavy atom. The number of halogens is 2. The number of thiazole rings is 1. The van der Waals surface area contributed by atoms with Gasteiger partial charge in [0.05, 0.1) is 34.6 Å². The smallest absolute Gasteiger partial charge is 0.348 e. The molecule has 0 radical (unpaired) electrons. The molecule has 1 amide bonds. The fraction of sp³-hybridized carbons (Fsp3) is 0.594. The number of carboxylic acids is 1. The van der Waals surface area contributed by atoms with Crippen LogP contribution in [0.4, 0.5) is 10.9 Å². The molecule has 260 valence electrons. The second kappa shape index (κ2) is 15.3. The second-order valence-corrected chi connectivity index (χ2v) is 14.6. The van der Waals surface area contributed by atoms with Crippen molar-refractivity contribution in [1.82, 2.24) is 35.1 Å². The number of carbonyl (C=O) groups is 2. The Balaban J connectivity index is 1.10. The van der Waals surface area contributed by atoms with Crippen molar-refractivity contribution in [1.29, 1.82) is 0 Å².